The standard InChI is InChI=1S/C8H9F3N2O/c9-7-5(8(10)11)1-4(2-12)13-6(7)3-14/h1,8,14H,2-3,12H2. The summed E-state index contributed by atoms with van der Waals surface area (Å²) in [6.45, 7) is -0.799. The number of alkyl halides is 2. The van der Waals surface area contributed by atoms with Crippen LogP contribution in [0.3, 0.4) is 0 Å². The molecule has 0 aliphatic carbocycles. The van der Waals surface area contributed by atoms with Crippen molar-refractivity contribution in [3.05, 3.63) is 28.8 Å². The molecule has 0 aliphatic rings. The summed E-state index contributed by atoms with van der Waals surface area (Å²) in [7, 11) is 0. The van der Waals surface area contributed by atoms with Crippen LogP contribution < -0.4 is 5.73 Å². The smallest absolute Gasteiger partial charge is 0.266 e. The van der Waals surface area contributed by atoms with Crippen molar-refractivity contribution < 1.29 is 18.3 Å². The first-order chi connectivity index (χ1) is 6.60. The van der Waals surface area contributed by atoms with Gasteiger partial charge in [0.2, 0.25) is 0 Å². The molecule has 78 valence electrons. The molecule has 1 rings (SSSR count). The molecule has 14 heavy (non-hydrogen) atoms. The monoisotopic (exact) mass is 206 g/mol. The van der Waals surface area contributed by atoms with E-state index in [1.54, 1.807) is 0 Å². The maximum atomic E-state index is 13.1. The SMILES string of the molecule is NCc1cc(C(F)F)c(F)c(CO)n1. The van der Waals surface area contributed by atoms with E-state index in [-0.39, 0.29) is 12.2 Å². The minimum Gasteiger partial charge on any atom is -0.390 e. The zero-order chi connectivity index (χ0) is 10.7. The number of nitrogens with two attached hydrogens (primary N) is 1. The summed E-state index contributed by atoms with van der Waals surface area (Å²) in [6.07, 6.45) is -2.94. The highest BCUT2D eigenvalue weighted by atomic mass is 19.3. The fraction of sp³-hybridized carbons (Fsp3) is 0.375. The minimum absolute atomic E-state index is 0.0764. The Bertz CT molecular complexity index is 331. The molecule has 0 fully saturated rings. The molecule has 6 heteroatoms. The zero-order valence-electron chi connectivity index (χ0n) is 7.17. The highest BCUT2D eigenvalue weighted by Crippen LogP contribution is 2.24. The van der Waals surface area contributed by atoms with E-state index < -0.39 is 30.1 Å². The zero-order valence-corrected chi connectivity index (χ0v) is 7.17. The van der Waals surface area contributed by atoms with Crippen LogP contribution in [-0.4, -0.2) is 10.1 Å². The Morgan fingerprint density at radius 3 is 2.57 bits per heavy atom. The lowest BCUT2D eigenvalue weighted by Gasteiger charge is -2.07. The van der Waals surface area contributed by atoms with Crippen LogP contribution >= 0.6 is 0 Å². The fourth-order valence-corrected chi connectivity index (χ4v) is 1.03. The lowest BCUT2D eigenvalue weighted by atomic mass is 10.2. The van der Waals surface area contributed by atoms with Gasteiger partial charge >= 0.3 is 0 Å². The summed E-state index contributed by atoms with van der Waals surface area (Å²) in [5.41, 5.74) is 4.14. The third kappa shape index (κ3) is 2.02. The first-order valence-corrected chi connectivity index (χ1v) is 3.87. The van der Waals surface area contributed by atoms with Gasteiger partial charge in [0.1, 0.15) is 5.69 Å². The Hall–Kier alpha value is -1.14. The molecule has 3 N–H and O–H groups in total. The van der Waals surface area contributed by atoms with Gasteiger partial charge in [-0.05, 0) is 6.07 Å². The van der Waals surface area contributed by atoms with Crippen molar-refractivity contribution in [3.8, 4) is 0 Å². The van der Waals surface area contributed by atoms with Gasteiger partial charge in [-0.3, -0.25) is 4.98 Å². The molecular weight excluding hydrogens is 197 g/mol. The van der Waals surface area contributed by atoms with Gasteiger partial charge in [0.25, 0.3) is 6.43 Å². The van der Waals surface area contributed by atoms with E-state index in [2.05, 4.69) is 4.98 Å². The second kappa shape index (κ2) is 4.39. The van der Waals surface area contributed by atoms with Crippen molar-refractivity contribution in [2.45, 2.75) is 19.6 Å². The van der Waals surface area contributed by atoms with E-state index in [9.17, 15) is 13.2 Å². The second-order valence-electron chi connectivity index (χ2n) is 2.63. The summed E-state index contributed by atoms with van der Waals surface area (Å²) in [4.78, 5) is 3.57. The lowest BCUT2D eigenvalue weighted by Crippen LogP contribution is -2.08. The number of halogens is 3. The molecular formula is C8H9F3N2O. The number of aromatic nitrogens is 1. The van der Waals surface area contributed by atoms with Gasteiger partial charge in [0.05, 0.1) is 17.9 Å². The van der Waals surface area contributed by atoms with Crippen LogP contribution in [-0.2, 0) is 13.2 Å². The van der Waals surface area contributed by atoms with Crippen LogP contribution in [0.5, 0.6) is 0 Å². The number of rotatable bonds is 3. The van der Waals surface area contributed by atoms with Gasteiger partial charge in [-0.1, -0.05) is 0 Å². The number of hydrogen-bond acceptors (Lipinski definition) is 3. The predicted molar refractivity (Wildman–Crippen MR) is 43.0 cm³/mol. The molecule has 3 nitrogen and oxygen atoms in total. The quantitative estimate of drug-likeness (QED) is 0.778. The second-order valence-corrected chi connectivity index (χ2v) is 2.63. The molecule has 0 aliphatic heterocycles. The number of pyridine rings is 1. The molecule has 0 spiro atoms. The van der Waals surface area contributed by atoms with Gasteiger partial charge in [-0.25, -0.2) is 13.2 Å². The predicted octanol–water partition coefficient (Wildman–Crippen LogP) is 1.11. The Morgan fingerprint density at radius 1 is 1.50 bits per heavy atom. The van der Waals surface area contributed by atoms with Crippen LogP contribution in [0.15, 0.2) is 6.07 Å². The van der Waals surface area contributed by atoms with E-state index in [1.807, 2.05) is 0 Å². The molecule has 1 aromatic heterocycles. The molecule has 0 aromatic carbocycles. The summed E-state index contributed by atoms with van der Waals surface area (Å²) in [5, 5.41) is 8.66. The van der Waals surface area contributed by atoms with Crippen molar-refractivity contribution >= 4 is 0 Å². The normalized spacial score (nSPS) is 11.0. The van der Waals surface area contributed by atoms with Crippen molar-refractivity contribution in [3.63, 3.8) is 0 Å². The summed E-state index contributed by atoms with van der Waals surface area (Å²) < 4.78 is 37.6. The minimum atomic E-state index is -2.94. The Morgan fingerprint density at radius 2 is 2.14 bits per heavy atom. The Kier molecular flexibility index (Phi) is 3.43. The lowest BCUT2D eigenvalue weighted by molar-refractivity contribution is 0.145. The maximum absolute atomic E-state index is 13.1. The van der Waals surface area contributed by atoms with Crippen LogP contribution in [0.4, 0.5) is 13.2 Å². The van der Waals surface area contributed by atoms with Gasteiger partial charge < -0.3 is 10.8 Å². The van der Waals surface area contributed by atoms with Crippen LogP contribution in [0.2, 0.25) is 0 Å². The Balaban J connectivity index is 3.27. The highest BCUT2D eigenvalue weighted by Gasteiger charge is 2.18. The van der Waals surface area contributed by atoms with E-state index in [0.29, 0.717) is 0 Å². The fourth-order valence-electron chi connectivity index (χ4n) is 1.03. The van der Waals surface area contributed by atoms with Crippen molar-refractivity contribution in [1.82, 2.24) is 4.98 Å². The molecule has 1 heterocycles. The van der Waals surface area contributed by atoms with Crippen molar-refractivity contribution in [1.29, 1.82) is 0 Å². The van der Waals surface area contributed by atoms with Crippen molar-refractivity contribution in [2.24, 2.45) is 5.73 Å². The van der Waals surface area contributed by atoms with E-state index in [1.165, 1.54) is 0 Å². The van der Waals surface area contributed by atoms with Crippen molar-refractivity contribution in [2.75, 3.05) is 0 Å². The highest BCUT2D eigenvalue weighted by molar-refractivity contribution is 5.24. The summed E-state index contributed by atoms with van der Waals surface area (Å²) >= 11 is 0. The van der Waals surface area contributed by atoms with Gasteiger partial charge in [0, 0.05) is 6.54 Å². The van der Waals surface area contributed by atoms with Crippen LogP contribution in [0.1, 0.15) is 23.4 Å². The topological polar surface area (TPSA) is 59.1 Å². The molecule has 0 unspecified atom stereocenters. The third-order valence-electron chi connectivity index (χ3n) is 1.70. The molecule has 1 aromatic rings. The van der Waals surface area contributed by atoms with Gasteiger partial charge in [0.15, 0.2) is 5.82 Å². The molecule has 0 atom stereocenters. The molecule has 0 saturated heterocycles. The van der Waals surface area contributed by atoms with E-state index in [4.69, 9.17) is 10.8 Å². The summed E-state index contributed by atoms with van der Waals surface area (Å²) in [5.74, 6) is -1.17. The number of aliphatic hydroxyl groups excluding tert-OH is 1. The maximum Gasteiger partial charge on any atom is 0.266 e. The number of nitrogens with zero attached hydrogens (tertiary/aromatic N) is 1. The Labute approximate surface area is 78.4 Å². The third-order valence-corrected chi connectivity index (χ3v) is 1.70. The molecule has 0 bridgehead atoms. The van der Waals surface area contributed by atoms with Crippen LogP contribution in [0.25, 0.3) is 0 Å². The van der Waals surface area contributed by atoms with Gasteiger partial charge in [-0.15, -0.1) is 0 Å². The summed E-state index contributed by atoms with van der Waals surface area (Å²) in [6, 6.07) is 0.902. The first-order valence-electron chi connectivity index (χ1n) is 3.87. The number of hydrogen-bond donors (Lipinski definition) is 2. The van der Waals surface area contributed by atoms with Crippen LogP contribution in [0, 0.1) is 5.82 Å². The average Bonchev–Trinajstić information content (AvgIpc) is 2.17. The van der Waals surface area contributed by atoms with E-state index in [0.717, 1.165) is 6.07 Å². The van der Waals surface area contributed by atoms with E-state index >= 15 is 0 Å². The number of aliphatic hydroxyl groups is 1. The largest absolute Gasteiger partial charge is 0.390 e. The molecule has 0 saturated carbocycles. The molecule has 0 radical (unpaired) electrons. The first kappa shape index (κ1) is 10.9. The average molecular weight is 206 g/mol. The van der Waals surface area contributed by atoms with Gasteiger partial charge in [-0.2, -0.15) is 0 Å². The molecule has 0 amide bonds.